The third kappa shape index (κ3) is 2.46. The molecular weight excluding hydrogens is 284 g/mol. The van der Waals surface area contributed by atoms with Gasteiger partial charge < -0.3 is 5.43 Å². The topological polar surface area (TPSA) is 88.3 Å². The van der Waals surface area contributed by atoms with Crippen LogP contribution in [-0.4, -0.2) is 31.8 Å². The lowest BCUT2D eigenvalue weighted by molar-refractivity contribution is 0.520. The van der Waals surface area contributed by atoms with E-state index in [1.807, 2.05) is 0 Å². The highest BCUT2D eigenvalue weighted by Crippen LogP contribution is 2.23. The lowest BCUT2D eigenvalue weighted by atomic mass is 10.5. The van der Waals surface area contributed by atoms with Gasteiger partial charge >= 0.3 is 0 Å². The van der Waals surface area contributed by atoms with Crippen LogP contribution in [0.4, 0.5) is 5.82 Å². The van der Waals surface area contributed by atoms with Gasteiger partial charge in [0.25, 0.3) is 0 Å². The summed E-state index contributed by atoms with van der Waals surface area (Å²) in [6.45, 7) is 0. The van der Waals surface area contributed by atoms with Crippen molar-refractivity contribution >= 4 is 31.8 Å². The third-order valence-corrected chi connectivity index (χ3v) is 3.98. The first-order valence-electron chi connectivity index (χ1n) is 3.94. The van der Waals surface area contributed by atoms with Crippen LogP contribution in [0.5, 0.6) is 0 Å². The fourth-order valence-corrected chi connectivity index (χ4v) is 2.43. The summed E-state index contributed by atoms with van der Waals surface area (Å²) in [5.41, 5.74) is 2.25. The molecule has 3 N–H and O–H groups in total. The fraction of sp³-hybridized carbons (Fsp3) is 0.286. The van der Waals surface area contributed by atoms with Gasteiger partial charge in [-0.3, -0.25) is 0 Å². The predicted octanol–water partition coefficient (Wildman–Crippen LogP) is 0.380. The Labute approximate surface area is 96.6 Å². The van der Waals surface area contributed by atoms with E-state index in [2.05, 4.69) is 26.3 Å². The lowest BCUT2D eigenvalue weighted by Crippen LogP contribution is -2.24. The largest absolute Gasteiger partial charge is 0.307 e. The molecule has 0 saturated heterocycles. The molecule has 0 aromatic carbocycles. The van der Waals surface area contributed by atoms with Gasteiger partial charge in [0, 0.05) is 24.8 Å². The molecule has 0 atom stereocenters. The summed E-state index contributed by atoms with van der Waals surface area (Å²) >= 11 is 3.15. The van der Waals surface area contributed by atoms with E-state index in [0.717, 1.165) is 4.31 Å². The minimum atomic E-state index is -3.54. The van der Waals surface area contributed by atoms with Crippen LogP contribution < -0.4 is 11.3 Å². The number of nitrogens with one attached hydrogen (secondary N) is 1. The maximum absolute atomic E-state index is 11.8. The summed E-state index contributed by atoms with van der Waals surface area (Å²) < 4.78 is 25.3. The van der Waals surface area contributed by atoms with Gasteiger partial charge in [0.05, 0.1) is 0 Å². The van der Waals surface area contributed by atoms with E-state index in [1.54, 1.807) is 0 Å². The van der Waals surface area contributed by atoms with E-state index in [0.29, 0.717) is 4.47 Å². The first-order valence-corrected chi connectivity index (χ1v) is 6.17. The number of sulfonamides is 1. The first-order chi connectivity index (χ1) is 6.89. The van der Waals surface area contributed by atoms with Crippen molar-refractivity contribution in [2.45, 2.75) is 4.90 Å². The molecule has 1 aromatic rings. The Hall–Kier alpha value is -0.700. The van der Waals surface area contributed by atoms with Gasteiger partial charge in [0.1, 0.15) is 4.90 Å². The molecule has 1 heterocycles. The molecule has 0 aliphatic rings. The van der Waals surface area contributed by atoms with Crippen molar-refractivity contribution in [3.63, 3.8) is 0 Å². The highest BCUT2D eigenvalue weighted by molar-refractivity contribution is 9.10. The molecule has 6 nitrogen and oxygen atoms in total. The van der Waals surface area contributed by atoms with Crippen molar-refractivity contribution < 1.29 is 8.42 Å². The van der Waals surface area contributed by atoms with Crippen LogP contribution in [0, 0.1) is 0 Å². The SMILES string of the molecule is CN(C)S(=O)(=O)c1cc(Br)cnc1NN. The van der Waals surface area contributed by atoms with Crippen molar-refractivity contribution in [3.8, 4) is 0 Å². The van der Waals surface area contributed by atoms with Gasteiger partial charge in [-0.25, -0.2) is 23.5 Å². The minimum Gasteiger partial charge on any atom is -0.307 e. The maximum Gasteiger partial charge on any atom is 0.246 e. The van der Waals surface area contributed by atoms with E-state index < -0.39 is 10.0 Å². The van der Waals surface area contributed by atoms with Gasteiger partial charge in [-0.1, -0.05) is 0 Å². The summed E-state index contributed by atoms with van der Waals surface area (Å²) in [5.74, 6) is 5.30. The molecule has 8 heteroatoms. The van der Waals surface area contributed by atoms with E-state index in [4.69, 9.17) is 5.84 Å². The van der Waals surface area contributed by atoms with Gasteiger partial charge in [0.15, 0.2) is 5.82 Å². The monoisotopic (exact) mass is 294 g/mol. The standard InChI is InChI=1S/C7H11BrN4O2S/c1-12(2)15(13,14)6-3-5(8)4-10-7(6)11-9/h3-4H,9H2,1-2H3,(H,10,11). The highest BCUT2D eigenvalue weighted by Gasteiger charge is 2.22. The molecule has 0 saturated carbocycles. The molecule has 0 aliphatic heterocycles. The van der Waals surface area contributed by atoms with Crippen LogP contribution in [0.25, 0.3) is 0 Å². The number of anilines is 1. The molecule has 84 valence electrons. The Morgan fingerprint density at radius 3 is 2.60 bits per heavy atom. The number of nitrogens with two attached hydrogens (primary N) is 1. The molecule has 1 aromatic heterocycles. The minimum absolute atomic E-state index is 0.0318. The molecule has 15 heavy (non-hydrogen) atoms. The zero-order valence-corrected chi connectivity index (χ0v) is 10.6. The van der Waals surface area contributed by atoms with Crippen LogP contribution in [0.15, 0.2) is 21.6 Å². The highest BCUT2D eigenvalue weighted by atomic mass is 79.9. The van der Waals surface area contributed by atoms with E-state index in [-0.39, 0.29) is 10.7 Å². The third-order valence-electron chi connectivity index (χ3n) is 1.71. The van der Waals surface area contributed by atoms with Crippen molar-refractivity contribution in [3.05, 3.63) is 16.7 Å². The molecular formula is C7H11BrN4O2S. The number of nitrogens with zero attached hydrogens (tertiary/aromatic N) is 2. The normalized spacial score (nSPS) is 11.8. The van der Waals surface area contributed by atoms with Crippen molar-refractivity contribution in [2.24, 2.45) is 5.84 Å². The summed E-state index contributed by atoms with van der Waals surface area (Å²) in [7, 11) is -0.662. The average molecular weight is 295 g/mol. The summed E-state index contributed by atoms with van der Waals surface area (Å²) in [6.07, 6.45) is 1.46. The Balaban J connectivity index is 3.42. The van der Waals surface area contributed by atoms with Crippen LogP contribution in [0.2, 0.25) is 0 Å². The first kappa shape index (κ1) is 12.4. The molecule has 0 radical (unpaired) electrons. The number of nitrogen functional groups attached to an aromatic ring is 1. The molecule has 0 bridgehead atoms. The van der Waals surface area contributed by atoms with Crippen LogP contribution in [0.3, 0.4) is 0 Å². The fourth-order valence-electron chi connectivity index (χ4n) is 0.922. The number of hydrazine groups is 1. The number of rotatable bonds is 3. The second-order valence-electron chi connectivity index (χ2n) is 2.93. The van der Waals surface area contributed by atoms with Crippen molar-refractivity contribution in [2.75, 3.05) is 19.5 Å². The average Bonchev–Trinajstić information content (AvgIpc) is 2.17. The quantitative estimate of drug-likeness (QED) is 0.621. The number of halogens is 1. The van der Waals surface area contributed by atoms with Crippen molar-refractivity contribution in [1.29, 1.82) is 0 Å². The summed E-state index contributed by atoms with van der Waals surface area (Å²) in [6, 6.07) is 1.44. The maximum atomic E-state index is 11.8. The summed E-state index contributed by atoms with van der Waals surface area (Å²) in [4.78, 5) is 3.89. The van der Waals surface area contributed by atoms with Gasteiger partial charge in [-0.2, -0.15) is 0 Å². The number of pyridine rings is 1. The molecule has 0 fully saturated rings. The predicted molar refractivity (Wildman–Crippen MR) is 60.6 cm³/mol. The molecule has 0 amide bonds. The van der Waals surface area contributed by atoms with Crippen LogP contribution in [-0.2, 0) is 10.0 Å². The zero-order valence-electron chi connectivity index (χ0n) is 8.23. The summed E-state index contributed by atoms with van der Waals surface area (Å²) in [5, 5.41) is 0. The van der Waals surface area contributed by atoms with Gasteiger partial charge in [0.2, 0.25) is 10.0 Å². The molecule has 1 rings (SSSR count). The van der Waals surface area contributed by atoms with E-state index >= 15 is 0 Å². The lowest BCUT2D eigenvalue weighted by Gasteiger charge is -2.14. The smallest absolute Gasteiger partial charge is 0.246 e. The van der Waals surface area contributed by atoms with Gasteiger partial charge in [-0.05, 0) is 22.0 Å². The molecule has 0 aliphatic carbocycles. The number of hydrogen-bond donors (Lipinski definition) is 2. The number of hydrogen-bond acceptors (Lipinski definition) is 5. The molecule has 0 spiro atoms. The Morgan fingerprint density at radius 1 is 1.53 bits per heavy atom. The van der Waals surface area contributed by atoms with E-state index in [1.165, 1.54) is 26.4 Å². The Bertz CT molecular complexity index is 460. The van der Waals surface area contributed by atoms with Crippen LogP contribution >= 0.6 is 15.9 Å². The van der Waals surface area contributed by atoms with Gasteiger partial charge in [-0.15, -0.1) is 0 Å². The number of aromatic nitrogens is 1. The van der Waals surface area contributed by atoms with Crippen LogP contribution in [0.1, 0.15) is 0 Å². The van der Waals surface area contributed by atoms with E-state index in [9.17, 15) is 8.42 Å². The molecule has 0 unspecified atom stereocenters. The second-order valence-corrected chi connectivity index (χ2v) is 5.97. The zero-order chi connectivity index (χ0) is 11.6. The van der Waals surface area contributed by atoms with Crippen molar-refractivity contribution in [1.82, 2.24) is 9.29 Å². The second kappa shape index (κ2) is 4.44. The Morgan fingerprint density at radius 2 is 2.13 bits per heavy atom. The Kier molecular flexibility index (Phi) is 3.66.